The van der Waals surface area contributed by atoms with Crippen LogP contribution in [-0.4, -0.2) is 22.6 Å². The molecule has 2 heterocycles. The summed E-state index contributed by atoms with van der Waals surface area (Å²) in [5.74, 6) is 0. The van der Waals surface area contributed by atoms with Gasteiger partial charge in [0.05, 0.1) is 25.9 Å². The summed E-state index contributed by atoms with van der Waals surface area (Å²) < 4.78 is 1.27. The SMILES string of the molecule is CCNC(Cc1csc(C)n1)Cc1nc2ccccc2s1. The molecule has 3 aromatic rings. The van der Waals surface area contributed by atoms with Crippen LogP contribution in [0.2, 0.25) is 0 Å². The number of para-hydroxylation sites is 1. The highest BCUT2D eigenvalue weighted by atomic mass is 32.1. The summed E-state index contributed by atoms with van der Waals surface area (Å²) in [6.07, 6.45) is 1.93. The molecule has 0 aliphatic rings. The molecule has 21 heavy (non-hydrogen) atoms. The van der Waals surface area contributed by atoms with Crippen LogP contribution in [0.25, 0.3) is 10.2 Å². The van der Waals surface area contributed by atoms with E-state index in [0.29, 0.717) is 6.04 Å². The van der Waals surface area contributed by atoms with E-state index in [1.807, 2.05) is 6.07 Å². The van der Waals surface area contributed by atoms with Gasteiger partial charge >= 0.3 is 0 Å². The molecule has 0 saturated carbocycles. The lowest BCUT2D eigenvalue weighted by Gasteiger charge is -2.15. The van der Waals surface area contributed by atoms with Crippen LogP contribution in [0.1, 0.15) is 22.6 Å². The lowest BCUT2D eigenvalue weighted by molar-refractivity contribution is 0.516. The minimum absolute atomic E-state index is 0.400. The first-order chi connectivity index (χ1) is 10.2. The molecule has 3 rings (SSSR count). The van der Waals surface area contributed by atoms with Crippen LogP contribution in [0.3, 0.4) is 0 Å². The fraction of sp³-hybridized carbons (Fsp3) is 0.375. The molecule has 0 fully saturated rings. The van der Waals surface area contributed by atoms with E-state index in [1.165, 1.54) is 15.4 Å². The second-order valence-corrected chi connectivity index (χ2v) is 7.27. The third-order valence-corrected chi connectivity index (χ3v) is 5.26. The first kappa shape index (κ1) is 14.6. The van der Waals surface area contributed by atoms with Gasteiger partial charge in [-0.1, -0.05) is 19.1 Å². The fourth-order valence-corrected chi connectivity index (χ4v) is 4.15. The van der Waals surface area contributed by atoms with E-state index < -0.39 is 0 Å². The Kier molecular flexibility index (Phi) is 4.63. The van der Waals surface area contributed by atoms with Gasteiger partial charge in [-0.2, -0.15) is 0 Å². The molecule has 0 bridgehead atoms. The van der Waals surface area contributed by atoms with Crippen molar-refractivity contribution in [1.29, 1.82) is 0 Å². The predicted molar refractivity (Wildman–Crippen MR) is 91.3 cm³/mol. The zero-order valence-corrected chi connectivity index (χ0v) is 13.9. The van der Waals surface area contributed by atoms with Crippen molar-refractivity contribution < 1.29 is 0 Å². The van der Waals surface area contributed by atoms with Crippen LogP contribution in [0.5, 0.6) is 0 Å². The number of nitrogens with one attached hydrogen (secondary N) is 1. The van der Waals surface area contributed by atoms with E-state index in [2.05, 4.69) is 47.7 Å². The van der Waals surface area contributed by atoms with Crippen molar-refractivity contribution in [2.45, 2.75) is 32.7 Å². The second kappa shape index (κ2) is 6.64. The Labute approximate surface area is 133 Å². The van der Waals surface area contributed by atoms with E-state index in [0.717, 1.165) is 29.9 Å². The zero-order valence-electron chi connectivity index (χ0n) is 12.3. The predicted octanol–water partition coefficient (Wildman–Crippen LogP) is 3.82. The van der Waals surface area contributed by atoms with E-state index in [9.17, 15) is 0 Å². The third kappa shape index (κ3) is 3.67. The number of aryl methyl sites for hydroxylation is 1. The smallest absolute Gasteiger partial charge is 0.0954 e. The van der Waals surface area contributed by atoms with E-state index >= 15 is 0 Å². The van der Waals surface area contributed by atoms with E-state index in [-0.39, 0.29) is 0 Å². The average molecular weight is 317 g/mol. The number of nitrogens with zero attached hydrogens (tertiary/aromatic N) is 2. The number of fused-ring (bicyclic) bond motifs is 1. The van der Waals surface area contributed by atoms with Crippen LogP contribution >= 0.6 is 22.7 Å². The normalized spacial score (nSPS) is 12.9. The number of aromatic nitrogens is 2. The maximum atomic E-state index is 4.74. The van der Waals surface area contributed by atoms with Gasteiger partial charge in [-0.05, 0) is 25.6 Å². The van der Waals surface area contributed by atoms with E-state index in [4.69, 9.17) is 4.98 Å². The summed E-state index contributed by atoms with van der Waals surface area (Å²) in [6.45, 7) is 5.18. The Hall–Kier alpha value is -1.30. The molecular formula is C16H19N3S2. The van der Waals surface area contributed by atoms with Gasteiger partial charge in [-0.25, -0.2) is 9.97 Å². The van der Waals surface area contributed by atoms with Crippen molar-refractivity contribution in [1.82, 2.24) is 15.3 Å². The standard InChI is InChI=1S/C16H19N3S2/c1-3-17-12(8-13-10-20-11(2)18-13)9-16-19-14-6-4-5-7-15(14)21-16/h4-7,10,12,17H,3,8-9H2,1-2H3. The number of likely N-dealkylation sites (N-methyl/N-ethyl adjacent to an activating group) is 1. The molecule has 5 heteroatoms. The van der Waals surface area contributed by atoms with Gasteiger partial charge in [0.25, 0.3) is 0 Å². The Balaban J connectivity index is 1.74. The molecule has 0 aliphatic heterocycles. The maximum Gasteiger partial charge on any atom is 0.0954 e. The molecule has 1 unspecified atom stereocenters. The van der Waals surface area contributed by atoms with Crippen molar-refractivity contribution in [3.05, 3.63) is 45.4 Å². The Morgan fingerprint density at radius 3 is 2.76 bits per heavy atom. The van der Waals surface area contributed by atoms with Crippen molar-refractivity contribution in [3.8, 4) is 0 Å². The number of hydrogen-bond acceptors (Lipinski definition) is 5. The fourth-order valence-electron chi connectivity index (χ4n) is 2.48. The molecule has 0 radical (unpaired) electrons. The van der Waals surface area contributed by atoms with Crippen molar-refractivity contribution in [2.75, 3.05) is 6.54 Å². The highest BCUT2D eigenvalue weighted by Gasteiger charge is 2.14. The number of hydrogen-bond donors (Lipinski definition) is 1. The van der Waals surface area contributed by atoms with Gasteiger partial charge in [0, 0.05) is 24.3 Å². The van der Waals surface area contributed by atoms with Crippen molar-refractivity contribution in [2.24, 2.45) is 0 Å². The molecule has 0 spiro atoms. The summed E-state index contributed by atoms with van der Waals surface area (Å²) in [4.78, 5) is 9.32. The van der Waals surface area contributed by atoms with Gasteiger partial charge in [-0.15, -0.1) is 22.7 Å². The van der Waals surface area contributed by atoms with Crippen LogP contribution < -0.4 is 5.32 Å². The molecule has 3 nitrogen and oxygen atoms in total. The van der Waals surface area contributed by atoms with Gasteiger partial charge in [0.15, 0.2) is 0 Å². The number of benzene rings is 1. The zero-order chi connectivity index (χ0) is 14.7. The first-order valence-electron chi connectivity index (χ1n) is 7.23. The summed E-state index contributed by atoms with van der Waals surface area (Å²) in [5.41, 5.74) is 2.29. The van der Waals surface area contributed by atoms with Crippen molar-refractivity contribution >= 4 is 32.9 Å². The highest BCUT2D eigenvalue weighted by molar-refractivity contribution is 7.18. The van der Waals surface area contributed by atoms with Gasteiger partial charge in [0.2, 0.25) is 0 Å². The Morgan fingerprint density at radius 1 is 1.19 bits per heavy atom. The molecule has 0 aliphatic carbocycles. The van der Waals surface area contributed by atoms with Crippen LogP contribution in [0.15, 0.2) is 29.6 Å². The minimum Gasteiger partial charge on any atom is -0.313 e. The van der Waals surface area contributed by atoms with Gasteiger partial charge < -0.3 is 5.32 Å². The monoisotopic (exact) mass is 317 g/mol. The topological polar surface area (TPSA) is 37.8 Å². The van der Waals surface area contributed by atoms with E-state index in [1.54, 1.807) is 22.7 Å². The molecule has 0 saturated heterocycles. The molecule has 110 valence electrons. The average Bonchev–Trinajstić information content (AvgIpc) is 3.04. The lowest BCUT2D eigenvalue weighted by atomic mass is 10.1. The molecule has 1 aromatic carbocycles. The number of thiazole rings is 2. The second-order valence-electron chi connectivity index (χ2n) is 5.10. The molecule has 0 amide bonds. The third-order valence-electron chi connectivity index (χ3n) is 3.37. The van der Waals surface area contributed by atoms with Gasteiger partial charge in [-0.3, -0.25) is 0 Å². The Bertz CT molecular complexity index is 684. The lowest BCUT2D eigenvalue weighted by Crippen LogP contribution is -2.33. The summed E-state index contributed by atoms with van der Waals surface area (Å²) in [5, 5.41) is 8.07. The summed E-state index contributed by atoms with van der Waals surface area (Å²) in [6, 6.07) is 8.75. The minimum atomic E-state index is 0.400. The van der Waals surface area contributed by atoms with Crippen molar-refractivity contribution in [3.63, 3.8) is 0 Å². The van der Waals surface area contributed by atoms with Gasteiger partial charge in [0.1, 0.15) is 0 Å². The maximum absolute atomic E-state index is 4.74. The van der Waals surface area contributed by atoms with Crippen LogP contribution in [-0.2, 0) is 12.8 Å². The van der Waals surface area contributed by atoms with Crippen LogP contribution in [0.4, 0.5) is 0 Å². The largest absolute Gasteiger partial charge is 0.313 e. The summed E-state index contributed by atoms with van der Waals surface area (Å²) in [7, 11) is 0. The highest BCUT2D eigenvalue weighted by Crippen LogP contribution is 2.23. The Morgan fingerprint density at radius 2 is 2.05 bits per heavy atom. The number of rotatable bonds is 6. The quantitative estimate of drug-likeness (QED) is 0.751. The molecule has 1 atom stereocenters. The molecule has 1 N–H and O–H groups in total. The molecular weight excluding hydrogens is 298 g/mol. The molecule has 2 aromatic heterocycles. The summed E-state index contributed by atoms with van der Waals surface area (Å²) >= 11 is 3.52. The first-order valence-corrected chi connectivity index (χ1v) is 8.93. The van der Waals surface area contributed by atoms with Crippen LogP contribution in [0, 0.1) is 6.92 Å².